The maximum absolute atomic E-state index is 13.8. The Morgan fingerprint density at radius 2 is 1.60 bits per heavy atom. The molecule has 0 saturated heterocycles. The van der Waals surface area contributed by atoms with Crippen LogP contribution in [0.3, 0.4) is 0 Å². The highest BCUT2D eigenvalue weighted by Gasteiger charge is 2.73. The molecule has 1 aromatic carbocycles. The average Bonchev–Trinajstić information content (AvgIpc) is 2.99. The second-order valence-electron chi connectivity index (χ2n) is 8.85. The zero-order valence-electron chi connectivity index (χ0n) is 16.7. The van der Waals surface area contributed by atoms with Gasteiger partial charge in [0, 0.05) is 11.6 Å². The number of nitrogens with zero attached hydrogens (tertiary/aromatic N) is 3. The van der Waals surface area contributed by atoms with Gasteiger partial charge in [0.1, 0.15) is 5.82 Å². The molecule has 2 aliphatic rings. The predicted octanol–water partition coefficient (Wildman–Crippen LogP) is 5.95. The third-order valence-corrected chi connectivity index (χ3v) is 8.38. The maximum Gasteiger partial charge on any atom is 0.238 e. The molecule has 0 radical (unpaired) electrons. The normalized spacial score (nSPS) is 26.1. The summed E-state index contributed by atoms with van der Waals surface area (Å²) < 4.78 is 0. The third-order valence-electron chi connectivity index (χ3n) is 7.44. The topological polar surface area (TPSA) is 67.8 Å². The van der Waals surface area contributed by atoms with Gasteiger partial charge < -0.3 is 5.32 Å². The van der Waals surface area contributed by atoms with Crippen molar-refractivity contribution in [3.8, 4) is 0 Å². The van der Waals surface area contributed by atoms with Gasteiger partial charge in [0.2, 0.25) is 5.91 Å². The van der Waals surface area contributed by atoms with E-state index >= 15 is 0 Å². The number of pyridine rings is 1. The van der Waals surface area contributed by atoms with Crippen LogP contribution < -0.4 is 5.32 Å². The van der Waals surface area contributed by atoms with Crippen molar-refractivity contribution in [2.75, 3.05) is 5.32 Å². The van der Waals surface area contributed by atoms with Crippen LogP contribution >= 0.6 is 34.8 Å². The van der Waals surface area contributed by atoms with Crippen LogP contribution in [0.1, 0.15) is 45.0 Å². The van der Waals surface area contributed by atoms with E-state index in [4.69, 9.17) is 44.8 Å². The fourth-order valence-corrected chi connectivity index (χ4v) is 5.70. The van der Waals surface area contributed by atoms with Crippen molar-refractivity contribution in [2.24, 2.45) is 5.41 Å². The highest BCUT2D eigenvalue weighted by molar-refractivity contribution is 6.42. The van der Waals surface area contributed by atoms with Gasteiger partial charge in [0.25, 0.3) is 0 Å². The van der Waals surface area contributed by atoms with Crippen molar-refractivity contribution in [3.63, 3.8) is 0 Å². The highest BCUT2D eigenvalue weighted by atomic mass is 35.5. The van der Waals surface area contributed by atoms with Crippen molar-refractivity contribution in [1.29, 1.82) is 0 Å². The number of carbonyl (C=O) groups is 1. The summed E-state index contributed by atoms with van der Waals surface area (Å²) in [6, 6.07) is 6.84. The van der Waals surface area contributed by atoms with Gasteiger partial charge in [-0.15, -0.1) is 0 Å². The number of carbonyl (C=O) groups excluding carboxylic acids is 1. The average molecular weight is 462 g/mol. The van der Waals surface area contributed by atoms with Crippen LogP contribution in [0, 0.1) is 5.41 Å². The lowest BCUT2D eigenvalue weighted by molar-refractivity contribution is -0.125. The number of anilines is 1. The van der Waals surface area contributed by atoms with Gasteiger partial charge in [-0.25, -0.2) is 15.0 Å². The summed E-state index contributed by atoms with van der Waals surface area (Å²) in [4.78, 5) is 27.8. The lowest BCUT2D eigenvalue weighted by Gasteiger charge is -2.39. The first-order chi connectivity index (χ1) is 14.1. The van der Waals surface area contributed by atoms with E-state index in [1.54, 1.807) is 24.3 Å². The van der Waals surface area contributed by atoms with Gasteiger partial charge in [-0.1, -0.05) is 55.6 Å². The fraction of sp³-hybridized carbons (Fsp3) is 0.364. The fourth-order valence-electron chi connectivity index (χ4n) is 5.27. The smallest absolute Gasteiger partial charge is 0.238 e. The minimum atomic E-state index is -0.828. The van der Waals surface area contributed by atoms with Crippen LogP contribution in [0.5, 0.6) is 0 Å². The number of aromatic nitrogens is 3. The Labute approximate surface area is 189 Å². The molecular weight excluding hydrogens is 443 g/mol. The highest BCUT2D eigenvalue weighted by Crippen LogP contribution is 2.70. The molecule has 1 fully saturated rings. The van der Waals surface area contributed by atoms with Crippen molar-refractivity contribution in [1.82, 2.24) is 15.0 Å². The van der Waals surface area contributed by atoms with Crippen LogP contribution in [0.25, 0.3) is 11.0 Å². The van der Waals surface area contributed by atoms with Gasteiger partial charge >= 0.3 is 0 Å². The van der Waals surface area contributed by atoms with Gasteiger partial charge in [0.15, 0.2) is 0 Å². The Bertz CT molecular complexity index is 1230. The molecule has 154 valence electrons. The standard InChI is InChI=1S/C22H19Cl3N4O/c1-20(2)21(3)6-7-22(20,19(30)29-16-5-4-11(23)10-26-16)18-17(21)27-14-8-12(24)13(25)9-15(14)28-18/h4-5,8-10H,6-7H2,1-3H3,(H,26,29,30). The number of nitrogens with one attached hydrogen (secondary N) is 1. The molecule has 0 spiro atoms. The van der Waals surface area contributed by atoms with E-state index in [0.717, 1.165) is 17.8 Å². The number of halogens is 3. The van der Waals surface area contributed by atoms with E-state index in [9.17, 15) is 4.79 Å². The monoisotopic (exact) mass is 460 g/mol. The van der Waals surface area contributed by atoms with Gasteiger partial charge in [-0.2, -0.15) is 0 Å². The number of benzene rings is 1. The molecule has 2 atom stereocenters. The van der Waals surface area contributed by atoms with Crippen LogP contribution in [-0.4, -0.2) is 20.9 Å². The Balaban J connectivity index is 1.70. The molecule has 5 rings (SSSR count). The first-order valence-electron chi connectivity index (χ1n) is 9.71. The quantitative estimate of drug-likeness (QED) is 0.512. The van der Waals surface area contributed by atoms with Crippen molar-refractivity contribution in [2.45, 2.75) is 44.4 Å². The number of fused-ring (bicyclic) bond motifs is 6. The Morgan fingerprint density at radius 3 is 2.20 bits per heavy atom. The van der Waals surface area contributed by atoms with Crippen molar-refractivity contribution in [3.05, 3.63) is 56.9 Å². The minimum absolute atomic E-state index is 0.126. The summed E-state index contributed by atoms with van der Waals surface area (Å²) in [6.45, 7) is 6.43. The van der Waals surface area contributed by atoms with Crippen molar-refractivity contribution < 1.29 is 4.79 Å². The largest absolute Gasteiger partial charge is 0.310 e. The third kappa shape index (κ3) is 2.37. The predicted molar refractivity (Wildman–Crippen MR) is 119 cm³/mol. The molecule has 2 aliphatic carbocycles. The lowest BCUT2D eigenvalue weighted by atomic mass is 9.63. The van der Waals surface area contributed by atoms with Gasteiger partial charge in [-0.3, -0.25) is 4.79 Å². The molecule has 2 bridgehead atoms. The van der Waals surface area contributed by atoms with E-state index < -0.39 is 10.8 Å². The molecule has 0 aliphatic heterocycles. The van der Waals surface area contributed by atoms with Gasteiger partial charge in [0.05, 0.1) is 42.9 Å². The summed E-state index contributed by atoms with van der Waals surface area (Å²) in [5.41, 5.74) is 1.38. The molecule has 1 N–H and O–H groups in total. The van der Waals surface area contributed by atoms with Crippen LogP contribution in [0.4, 0.5) is 5.82 Å². The molecular formula is C22H19Cl3N4O. The summed E-state index contributed by atoms with van der Waals surface area (Å²) >= 11 is 18.4. The molecule has 1 amide bonds. The number of rotatable bonds is 2. The number of hydrogen-bond donors (Lipinski definition) is 1. The number of hydrogen-bond acceptors (Lipinski definition) is 4. The lowest BCUT2D eigenvalue weighted by Crippen LogP contribution is -2.48. The molecule has 8 heteroatoms. The molecule has 30 heavy (non-hydrogen) atoms. The Hall–Kier alpha value is -1.95. The van der Waals surface area contributed by atoms with Gasteiger partial charge in [-0.05, 0) is 42.5 Å². The summed E-state index contributed by atoms with van der Waals surface area (Å²) in [5.74, 6) is 0.332. The van der Waals surface area contributed by atoms with E-state index in [-0.39, 0.29) is 11.3 Å². The van der Waals surface area contributed by atoms with Crippen LogP contribution in [-0.2, 0) is 15.6 Å². The zero-order valence-corrected chi connectivity index (χ0v) is 19.0. The second-order valence-corrected chi connectivity index (χ2v) is 10.1. The van der Waals surface area contributed by atoms with E-state index in [0.29, 0.717) is 38.3 Å². The van der Waals surface area contributed by atoms with E-state index in [2.05, 4.69) is 31.1 Å². The van der Waals surface area contributed by atoms with Crippen LogP contribution in [0.2, 0.25) is 15.1 Å². The number of amides is 1. The Morgan fingerprint density at radius 1 is 0.967 bits per heavy atom. The first kappa shape index (κ1) is 20.0. The molecule has 2 aromatic heterocycles. The SMILES string of the molecule is CC12CCC(C(=O)Nc3ccc(Cl)cn3)(c3nc4cc(Cl)c(Cl)cc4nc31)C2(C)C. The van der Waals surface area contributed by atoms with Crippen LogP contribution in [0.15, 0.2) is 30.5 Å². The molecule has 2 heterocycles. The second kappa shape index (κ2) is 6.28. The summed E-state index contributed by atoms with van der Waals surface area (Å²) in [5, 5.41) is 4.35. The van der Waals surface area contributed by atoms with E-state index in [1.165, 1.54) is 6.20 Å². The molecule has 3 aromatic rings. The maximum atomic E-state index is 13.8. The molecule has 5 nitrogen and oxygen atoms in total. The summed E-state index contributed by atoms with van der Waals surface area (Å²) in [6.07, 6.45) is 3.04. The Kier molecular flexibility index (Phi) is 4.18. The minimum Gasteiger partial charge on any atom is -0.310 e. The van der Waals surface area contributed by atoms with E-state index in [1.807, 2.05) is 0 Å². The zero-order chi connectivity index (χ0) is 21.5. The first-order valence-corrected chi connectivity index (χ1v) is 10.8. The van der Waals surface area contributed by atoms with Crippen molar-refractivity contribution >= 4 is 57.6 Å². The molecule has 1 saturated carbocycles. The summed E-state index contributed by atoms with van der Waals surface area (Å²) in [7, 11) is 0. The molecule has 2 unspecified atom stereocenters.